The fourth-order valence-corrected chi connectivity index (χ4v) is 3.58. The van der Waals surface area contributed by atoms with Gasteiger partial charge in [-0.05, 0) is 18.6 Å². The standard InChI is InChI=1S/C17H23Cl2N3O2/c18-15-2-1-14(11-16(15)19)24-10-4-17(23)22-7-3-13(12-22)21-8-5-20-6-9-21/h1-2,11,13,20H,3-10,12H2. The smallest absolute Gasteiger partial charge is 0.226 e. The summed E-state index contributed by atoms with van der Waals surface area (Å²) in [5.74, 6) is 0.796. The molecule has 1 aromatic carbocycles. The molecule has 7 heteroatoms. The van der Waals surface area contributed by atoms with E-state index < -0.39 is 0 Å². The fourth-order valence-electron chi connectivity index (χ4n) is 3.29. The highest BCUT2D eigenvalue weighted by Gasteiger charge is 2.30. The van der Waals surface area contributed by atoms with Gasteiger partial charge in [-0.1, -0.05) is 23.2 Å². The molecule has 2 saturated heterocycles. The van der Waals surface area contributed by atoms with Gasteiger partial charge in [0.05, 0.1) is 23.1 Å². The number of hydrogen-bond acceptors (Lipinski definition) is 4. The average Bonchev–Trinajstić information content (AvgIpc) is 3.09. The first kappa shape index (κ1) is 17.8. The van der Waals surface area contributed by atoms with Crippen molar-refractivity contribution in [2.75, 3.05) is 45.9 Å². The van der Waals surface area contributed by atoms with Crippen LogP contribution in [0.15, 0.2) is 18.2 Å². The van der Waals surface area contributed by atoms with E-state index in [1.165, 1.54) is 0 Å². The number of nitrogens with zero attached hydrogens (tertiary/aromatic N) is 2. The van der Waals surface area contributed by atoms with Crippen LogP contribution >= 0.6 is 23.2 Å². The van der Waals surface area contributed by atoms with E-state index in [9.17, 15) is 4.79 Å². The van der Waals surface area contributed by atoms with Crippen LogP contribution in [0.5, 0.6) is 5.75 Å². The lowest BCUT2D eigenvalue weighted by Gasteiger charge is -2.32. The molecule has 2 aliphatic heterocycles. The summed E-state index contributed by atoms with van der Waals surface area (Å²) in [4.78, 5) is 16.8. The van der Waals surface area contributed by atoms with Crippen molar-refractivity contribution in [2.24, 2.45) is 0 Å². The molecule has 0 aromatic heterocycles. The second-order valence-electron chi connectivity index (χ2n) is 6.24. The lowest BCUT2D eigenvalue weighted by molar-refractivity contribution is -0.130. The Kier molecular flexibility index (Phi) is 6.22. The maximum Gasteiger partial charge on any atom is 0.226 e. The molecule has 3 rings (SSSR count). The predicted octanol–water partition coefficient (Wildman–Crippen LogP) is 2.27. The Balaban J connectivity index is 1.41. The quantitative estimate of drug-likeness (QED) is 0.862. The minimum absolute atomic E-state index is 0.160. The molecule has 2 fully saturated rings. The van der Waals surface area contributed by atoms with Crippen molar-refractivity contribution in [3.8, 4) is 5.75 Å². The Hall–Kier alpha value is -1.01. The molecular formula is C17H23Cl2N3O2. The van der Waals surface area contributed by atoms with Crippen molar-refractivity contribution in [1.82, 2.24) is 15.1 Å². The highest BCUT2D eigenvalue weighted by molar-refractivity contribution is 6.42. The van der Waals surface area contributed by atoms with Gasteiger partial charge in [-0.2, -0.15) is 0 Å². The predicted molar refractivity (Wildman–Crippen MR) is 96.0 cm³/mol. The van der Waals surface area contributed by atoms with Crippen molar-refractivity contribution < 1.29 is 9.53 Å². The number of amides is 1. The summed E-state index contributed by atoms with van der Waals surface area (Å²) < 4.78 is 5.61. The summed E-state index contributed by atoms with van der Waals surface area (Å²) in [6, 6.07) is 5.63. The van der Waals surface area contributed by atoms with Gasteiger partial charge in [0.25, 0.3) is 0 Å². The van der Waals surface area contributed by atoms with E-state index in [4.69, 9.17) is 27.9 Å². The Bertz CT molecular complexity index is 579. The molecule has 24 heavy (non-hydrogen) atoms. The molecule has 1 atom stereocenters. The minimum atomic E-state index is 0.160. The number of nitrogens with one attached hydrogen (secondary N) is 1. The topological polar surface area (TPSA) is 44.8 Å². The summed E-state index contributed by atoms with van der Waals surface area (Å²) in [5, 5.41) is 4.32. The molecule has 1 N–H and O–H groups in total. The second-order valence-corrected chi connectivity index (χ2v) is 7.06. The third kappa shape index (κ3) is 4.54. The Morgan fingerprint density at radius 2 is 2.00 bits per heavy atom. The zero-order chi connectivity index (χ0) is 16.9. The maximum atomic E-state index is 12.4. The second kappa shape index (κ2) is 8.39. The molecule has 0 spiro atoms. The van der Waals surface area contributed by atoms with E-state index in [1.54, 1.807) is 18.2 Å². The fraction of sp³-hybridized carbons (Fsp3) is 0.588. The largest absolute Gasteiger partial charge is 0.493 e. The maximum absolute atomic E-state index is 12.4. The van der Waals surface area contributed by atoms with E-state index in [0.29, 0.717) is 34.9 Å². The summed E-state index contributed by atoms with van der Waals surface area (Å²) in [7, 11) is 0. The Morgan fingerprint density at radius 3 is 2.75 bits per heavy atom. The molecule has 1 unspecified atom stereocenters. The molecule has 0 aliphatic carbocycles. The van der Waals surface area contributed by atoms with Gasteiger partial charge < -0.3 is 15.0 Å². The van der Waals surface area contributed by atoms with E-state index in [1.807, 2.05) is 4.90 Å². The lowest BCUT2D eigenvalue weighted by Crippen LogP contribution is -2.49. The van der Waals surface area contributed by atoms with Crippen LogP contribution in [0.4, 0.5) is 0 Å². The van der Waals surface area contributed by atoms with Gasteiger partial charge in [-0.15, -0.1) is 0 Å². The summed E-state index contributed by atoms with van der Waals surface area (Å²) >= 11 is 11.8. The van der Waals surface area contributed by atoms with Crippen molar-refractivity contribution in [3.05, 3.63) is 28.2 Å². The number of rotatable bonds is 5. The van der Waals surface area contributed by atoms with Crippen molar-refractivity contribution in [3.63, 3.8) is 0 Å². The number of carbonyl (C=O) groups excluding carboxylic acids is 1. The SMILES string of the molecule is O=C(CCOc1ccc(Cl)c(Cl)c1)N1CCC(N2CCNCC2)C1. The van der Waals surface area contributed by atoms with E-state index in [-0.39, 0.29) is 5.91 Å². The number of carbonyl (C=O) groups is 1. The number of likely N-dealkylation sites (tertiary alicyclic amines) is 1. The Morgan fingerprint density at radius 1 is 1.21 bits per heavy atom. The van der Waals surface area contributed by atoms with Crippen LogP contribution in [0.25, 0.3) is 0 Å². The highest BCUT2D eigenvalue weighted by Crippen LogP contribution is 2.26. The molecule has 0 radical (unpaired) electrons. The molecule has 1 aromatic rings. The van der Waals surface area contributed by atoms with Gasteiger partial charge in [0.2, 0.25) is 5.91 Å². The number of hydrogen-bond donors (Lipinski definition) is 1. The molecule has 2 aliphatic rings. The van der Waals surface area contributed by atoms with Crippen LogP contribution in [-0.2, 0) is 4.79 Å². The molecule has 132 valence electrons. The van der Waals surface area contributed by atoms with Crippen molar-refractivity contribution >= 4 is 29.1 Å². The molecule has 0 saturated carbocycles. The molecule has 1 amide bonds. The van der Waals surface area contributed by atoms with E-state index in [2.05, 4.69) is 10.2 Å². The highest BCUT2D eigenvalue weighted by atomic mass is 35.5. The van der Waals surface area contributed by atoms with Gasteiger partial charge in [-0.25, -0.2) is 0 Å². The van der Waals surface area contributed by atoms with Crippen LogP contribution in [-0.4, -0.2) is 67.6 Å². The van der Waals surface area contributed by atoms with Gasteiger partial charge in [-0.3, -0.25) is 9.69 Å². The van der Waals surface area contributed by atoms with Crippen LogP contribution in [0, 0.1) is 0 Å². The number of piperazine rings is 1. The Labute approximate surface area is 152 Å². The zero-order valence-electron chi connectivity index (χ0n) is 13.6. The first-order chi connectivity index (χ1) is 11.6. The normalized spacial score (nSPS) is 21.9. The summed E-state index contributed by atoms with van der Waals surface area (Å²) in [5.41, 5.74) is 0. The van der Waals surface area contributed by atoms with Crippen molar-refractivity contribution in [1.29, 1.82) is 0 Å². The lowest BCUT2D eigenvalue weighted by atomic mass is 10.2. The van der Waals surface area contributed by atoms with E-state index >= 15 is 0 Å². The van der Waals surface area contributed by atoms with Crippen molar-refractivity contribution in [2.45, 2.75) is 18.9 Å². The number of ether oxygens (including phenoxy) is 1. The first-order valence-corrected chi connectivity index (χ1v) is 9.19. The van der Waals surface area contributed by atoms with Gasteiger partial charge >= 0.3 is 0 Å². The minimum Gasteiger partial charge on any atom is -0.493 e. The van der Waals surface area contributed by atoms with Gasteiger partial charge in [0.1, 0.15) is 5.75 Å². The summed E-state index contributed by atoms with van der Waals surface area (Å²) in [6.45, 7) is 6.28. The van der Waals surface area contributed by atoms with E-state index in [0.717, 1.165) is 45.7 Å². The van der Waals surface area contributed by atoms with Crippen LogP contribution in [0.3, 0.4) is 0 Å². The molecular weight excluding hydrogens is 349 g/mol. The number of halogens is 2. The zero-order valence-corrected chi connectivity index (χ0v) is 15.2. The first-order valence-electron chi connectivity index (χ1n) is 8.44. The third-order valence-corrected chi connectivity index (χ3v) is 5.40. The molecule has 5 nitrogen and oxygen atoms in total. The summed E-state index contributed by atoms with van der Waals surface area (Å²) in [6.07, 6.45) is 1.45. The van der Waals surface area contributed by atoms with Gasteiger partial charge in [0, 0.05) is 51.4 Å². The molecule has 2 heterocycles. The van der Waals surface area contributed by atoms with Crippen LogP contribution in [0.2, 0.25) is 10.0 Å². The average molecular weight is 372 g/mol. The van der Waals surface area contributed by atoms with Gasteiger partial charge in [0.15, 0.2) is 0 Å². The molecule has 0 bridgehead atoms. The van der Waals surface area contributed by atoms with Crippen LogP contribution < -0.4 is 10.1 Å². The number of benzene rings is 1. The third-order valence-electron chi connectivity index (χ3n) is 4.66. The van der Waals surface area contributed by atoms with Crippen LogP contribution in [0.1, 0.15) is 12.8 Å². The monoisotopic (exact) mass is 371 g/mol.